The lowest BCUT2D eigenvalue weighted by atomic mass is 10.1. The lowest BCUT2D eigenvalue weighted by Gasteiger charge is -2.08. The largest absolute Gasteiger partial charge is 0.478 e. The van der Waals surface area contributed by atoms with Crippen molar-refractivity contribution in [2.24, 2.45) is 0 Å². The molecule has 1 aromatic heterocycles. The Labute approximate surface area is 117 Å². The molecular weight excluding hydrogens is 250 g/mol. The highest BCUT2D eigenvalue weighted by atomic mass is 16.4. The SMILES string of the molecule is Cc1cn(Cc2ccccc2C(=O)O)c2ccccc12. The molecule has 1 heterocycles. The number of fused-ring (bicyclic) bond motifs is 1. The third-order valence-corrected chi connectivity index (χ3v) is 3.58. The molecule has 0 amide bonds. The number of aryl methyl sites for hydroxylation is 1. The fourth-order valence-corrected chi connectivity index (χ4v) is 2.61. The van der Waals surface area contributed by atoms with Crippen molar-refractivity contribution in [2.45, 2.75) is 13.5 Å². The monoisotopic (exact) mass is 265 g/mol. The Kier molecular flexibility index (Phi) is 3.03. The van der Waals surface area contributed by atoms with Crippen LogP contribution in [0, 0.1) is 6.92 Å². The highest BCUT2D eigenvalue weighted by Gasteiger charge is 2.11. The zero-order chi connectivity index (χ0) is 14.1. The molecule has 0 saturated heterocycles. The quantitative estimate of drug-likeness (QED) is 0.784. The van der Waals surface area contributed by atoms with Gasteiger partial charge in [-0.3, -0.25) is 0 Å². The van der Waals surface area contributed by atoms with Crippen LogP contribution >= 0.6 is 0 Å². The molecule has 0 atom stereocenters. The highest BCUT2D eigenvalue weighted by molar-refractivity contribution is 5.89. The maximum atomic E-state index is 11.3. The molecule has 3 nitrogen and oxygen atoms in total. The number of hydrogen-bond donors (Lipinski definition) is 1. The summed E-state index contributed by atoms with van der Waals surface area (Å²) in [6.45, 7) is 2.64. The lowest BCUT2D eigenvalue weighted by molar-refractivity contribution is 0.0695. The first kappa shape index (κ1) is 12.5. The van der Waals surface area contributed by atoms with Crippen molar-refractivity contribution in [1.82, 2.24) is 4.57 Å². The number of rotatable bonds is 3. The summed E-state index contributed by atoms with van der Waals surface area (Å²) in [4.78, 5) is 11.3. The number of hydrogen-bond acceptors (Lipinski definition) is 1. The summed E-state index contributed by atoms with van der Waals surface area (Å²) >= 11 is 0. The molecule has 0 bridgehead atoms. The van der Waals surface area contributed by atoms with Crippen LogP contribution in [0.5, 0.6) is 0 Å². The standard InChI is InChI=1S/C17H15NO2/c1-12-10-18(16-9-5-4-7-14(12)16)11-13-6-2-3-8-15(13)17(19)20/h2-10H,11H2,1H3,(H,19,20). The van der Waals surface area contributed by atoms with Crippen molar-refractivity contribution < 1.29 is 9.90 Å². The zero-order valence-electron chi connectivity index (χ0n) is 11.2. The summed E-state index contributed by atoms with van der Waals surface area (Å²) in [5, 5.41) is 10.5. The number of aromatic nitrogens is 1. The minimum absolute atomic E-state index is 0.364. The molecule has 3 heteroatoms. The maximum Gasteiger partial charge on any atom is 0.336 e. The molecule has 20 heavy (non-hydrogen) atoms. The highest BCUT2D eigenvalue weighted by Crippen LogP contribution is 2.22. The van der Waals surface area contributed by atoms with Crippen LogP contribution in [-0.4, -0.2) is 15.6 Å². The second-order valence-electron chi connectivity index (χ2n) is 4.92. The van der Waals surface area contributed by atoms with Gasteiger partial charge in [0.1, 0.15) is 0 Å². The number of carboxylic acid groups (broad SMARTS) is 1. The molecule has 0 aliphatic heterocycles. The van der Waals surface area contributed by atoms with E-state index in [4.69, 9.17) is 0 Å². The van der Waals surface area contributed by atoms with Crippen molar-refractivity contribution in [3.63, 3.8) is 0 Å². The van der Waals surface area contributed by atoms with E-state index >= 15 is 0 Å². The number of nitrogens with zero attached hydrogens (tertiary/aromatic N) is 1. The van der Waals surface area contributed by atoms with Gasteiger partial charge in [0.25, 0.3) is 0 Å². The van der Waals surface area contributed by atoms with E-state index in [1.165, 1.54) is 10.9 Å². The molecule has 0 spiro atoms. The van der Waals surface area contributed by atoms with Crippen molar-refractivity contribution in [3.8, 4) is 0 Å². The van der Waals surface area contributed by atoms with Crippen molar-refractivity contribution in [2.75, 3.05) is 0 Å². The first-order chi connectivity index (χ1) is 9.66. The molecule has 2 aromatic carbocycles. The van der Waals surface area contributed by atoms with E-state index in [0.29, 0.717) is 12.1 Å². The maximum absolute atomic E-state index is 11.3. The van der Waals surface area contributed by atoms with E-state index in [1.807, 2.05) is 24.3 Å². The van der Waals surface area contributed by atoms with E-state index in [9.17, 15) is 9.90 Å². The fraction of sp³-hybridized carbons (Fsp3) is 0.118. The third kappa shape index (κ3) is 2.07. The molecule has 3 aromatic rings. The second kappa shape index (κ2) is 4.85. The predicted molar refractivity (Wildman–Crippen MR) is 79.2 cm³/mol. The van der Waals surface area contributed by atoms with Gasteiger partial charge in [-0.05, 0) is 30.2 Å². The van der Waals surface area contributed by atoms with Crippen LogP contribution in [-0.2, 0) is 6.54 Å². The molecule has 3 rings (SSSR count). The van der Waals surface area contributed by atoms with E-state index in [1.54, 1.807) is 12.1 Å². The van der Waals surface area contributed by atoms with Crippen LogP contribution in [0.4, 0.5) is 0 Å². The number of benzene rings is 2. The van der Waals surface area contributed by atoms with Crippen molar-refractivity contribution in [3.05, 3.63) is 71.4 Å². The Bertz CT molecular complexity index is 787. The number of carbonyl (C=O) groups is 1. The molecule has 0 radical (unpaired) electrons. The first-order valence-electron chi connectivity index (χ1n) is 6.52. The summed E-state index contributed by atoms with van der Waals surface area (Å²) < 4.78 is 2.10. The Balaban J connectivity index is 2.08. The van der Waals surface area contributed by atoms with Gasteiger partial charge in [-0.25, -0.2) is 4.79 Å². The number of para-hydroxylation sites is 1. The number of aromatic carboxylic acids is 1. The molecule has 0 unspecified atom stereocenters. The third-order valence-electron chi connectivity index (χ3n) is 3.58. The smallest absolute Gasteiger partial charge is 0.336 e. The Morgan fingerprint density at radius 1 is 1.10 bits per heavy atom. The van der Waals surface area contributed by atoms with Crippen LogP contribution < -0.4 is 0 Å². The second-order valence-corrected chi connectivity index (χ2v) is 4.92. The van der Waals surface area contributed by atoms with Crippen LogP contribution in [0.15, 0.2) is 54.7 Å². The van der Waals surface area contributed by atoms with Gasteiger partial charge in [0.2, 0.25) is 0 Å². The van der Waals surface area contributed by atoms with Crippen LogP contribution in [0.3, 0.4) is 0 Å². The minimum Gasteiger partial charge on any atom is -0.478 e. The number of carboxylic acids is 1. The van der Waals surface area contributed by atoms with Crippen LogP contribution in [0.25, 0.3) is 10.9 Å². The van der Waals surface area contributed by atoms with E-state index < -0.39 is 5.97 Å². The molecule has 0 saturated carbocycles. The summed E-state index contributed by atoms with van der Waals surface area (Å²) in [5.41, 5.74) is 3.52. The van der Waals surface area contributed by atoms with Crippen LogP contribution in [0.2, 0.25) is 0 Å². The van der Waals surface area contributed by atoms with Crippen molar-refractivity contribution >= 4 is 16.9 Å². The topological polar surface area (TPSA) is 42.2 Å². The summed E-state index contributed by atoms with van der Waals surface area (Å²) in [6, 6.07) is 15.3. The molecule has 0 fully saturated rings. The summed E-state index contributed by atoms with van der Waals surface area (Å²) in [5.74, 6) is -0.881. The normalized spacial score (nSPS) is 10.8. The Morgan fingerprint density at radius 3 is 2.60 bits per heavy atom. The first-order valence-corrected chi connectivity index (χ1v) is 6.52. The Morgan fingerprint density at radius 2 is 1.80 bits per heavy atom. The van der Waals surface area contributed by atoms with Gasteiger partial charge in [-0.1, -0.05) is 36.4 Å². The molecule has 100 valence electrons. The average Bonchev–Trinajstić information content (AvgIpc) is 2.76. The zero-order valence-corrected chi connectivity index (χ0v) is 11.2. The summed E-state index contributed by atoms with van der Waals surface area (Å²) in [7, 11) is 0. The molecule has 0 aliphatic rings. The van der Waals surface area contributed by atoms with Gasteiger partial charge in [0.15, 0.2) is 0 Å². The van der Waals surface area contributed by atoms with Gasteiger partial charge in [0, 0.05) is 23.6 Å². The summed E-state index contributed by atoms with van der Waals surface area (Å²) in [6.07, 6.45) is 2.07. The van der Waals surface area contributed by atoms with Crippen molar-refractivity contribution in [1.29, 1.82) is 0 Å². The van der Waals surface area contributed by atoms with Crippen LogP contribution in [0.1, 0.15) is 21.5 Å². The average molecular weight is 265 g/mol. The fourth-order valence-electron chi connectivity index (χ4n) is 2.61. The van der Waals surface area contributed by atoms with Gasteiger partial charge < -0.3 is 9.67 Å². The van der Waals surface area contributed by atoms with E-state index in [0.717, 1.165) is 11.1 Å². The predicted octanol–water partition coefficient (Wildman–Crippen LogP) is 3.70. The molecular formula is C17H15NO2. The van der Waals surface area contributed by atoms with E-state index in [-0.39, 0.29) is 0 Å². The van der Waals surface area contributed by atoms with Gasteiger partial charge in [0.05, 0.1) is 5.56 Å². The van der Waals surface area contributed by atoms with Gasteiger partial charge in [-0.15, -0.1) is 0 Å². The molecule has 0 aliphatic carbocycles. The van der Waals surface area contributed by atoms with E-state index in [2.05, 4.69) is 29.8 Å². The van der Waals surface area contributed by atoms with Gasteiger partial charge in [-0.2, -0.15) is 0 Å². The lowest BCUT2D eigenvalue weighted by Crippen LogP contribution is -2.06. The molecule has 1 N–H and O–H groups in total. The van der Waals surface area contributed by atoms with Gasteiger partial charge >= 0.3 is 5.97 Å². The minimum atomic E-state index is -0.881. The Hall–Kier alpha value is -2.55.